The smallest absolute Gasteiger partial charge is 0.120 e. The van der Waals surface area contributed by atoms with Crippen LogP contribution in [0.15, 0.2) is 12.1 Å². The van der Waals surface area contributed by atoms with Crippen LogP contribution in [0.1, 0.15) is 24.0 Å². The summed E-state index contributed by atoms with van der Waals surface area (Å²) in [6.45, 7) is 4.38. The molecule has 1 aromatic rings. The molecule has 1 saturated heterocycles. The average Bonchev–Trinajstić information content (AvgIpc) is 2.36. The largest absolute Gasteiger partial charge is 0.497 e. The molecule has 1 heterocycles. The van der Waals surface area contributed by atoms with Crippen molar-refractivity contribution < 1.29 is 4.74 Å². The second-order valence-corrected chi connectivity index (χ2v) is 5.20. The SMILES string of the molecule is COc1cc(Cl)c(C)c(CC2CCNCC2)c1. The Balaban J connectivity index is 2.15. The number of benzene rings is 1. The molecule has 3 heteroatoms. The van der Waals surface area contributed by atoms with Gasteiger partial charge in [-0.05, 0) is 68.5 Å². The minimum absolute atomic E-state index is 0.776. The van der Waals surface area contributed by atoms with Crippen molar-refractivity contribution in [3.63, 3.8) is 0 Å². The number of methoxy groups -OCH3 is 1. The first-order chi connectivity index (χ1) is 8.20. The van der Waals surface area contributed by atoms with Gasteiger partial charge in [0.15, 0.2) is 0 Å². The summed E-state index contributed by atoms with van der Waals surface area (Å²) in [5.41, 5.74) is 2.53. The quantitative estimate of drug-likeness (QED) is 0.893. The minimum atomic E-state index is 0.776. The van der Waals surface area contributed by atoms with E-state index in [1.165, 1.54) is 24.0 Å². The Labute approximate surface area is 108 Å². The van der Waals surface area contributed by atoms with Crippen molar-refractivity contribution in [3.8, 4) is 5.75 Å². The van der Waals surface area contributed by atoms with Crippen LogP contribution in [0.2, 0.25) is 5.02 Å². The Kier molecular flexibility index (Phi) is 4.30. The molecule has 94 valence electrons. The molecule has 0 amide bonds. The lowest BCUT2D eigenvalue weighted by Crippen LogP contribution is -2.28. The molecule has 1 fully saturated rings. The Morgan fingerprint density at radius 2 is 2.06 bits per heavy atom. The second kappa shape index (κ2) is 5.74. The summed E-state index contributed by atoms with van der Waals surface area (Å²) in [6, 6.07) is 4.02. The van der Waals surface area contributed by atoms with Gasteiger partial charge in [0.05, 0.1) is 7.11 Å². The van der Waals surface area contributed by atoms with Crippen LogP contribution in [0.5, 0.6) is 5.75 Å². The van der Waals surface area contributed by atoms with Crippen LogP contribution in [0.3, 0.4) is 0 Å². The molecule has 0 saturated carbocycles. The van der Waals surface area contributed by atoms with Crippen molar-refractivity contribution in [1.82, 2.24) is 5.32 Å². The van der Waals surface area contributed by atoms with Gasteiger partial charge in [-0.25, -0.2) is 0 Å². The molecule has 17 heavy (non-hydrogen) atoms. The van der Waals surface area contributed by atoms with Gasteiger partial charge in [0.1, 0.15) is 5.75 Å². The maximum atomic E-state index is 6.22. The Morgan fingerprint density at radius 3 is 2.71 bits per heavy atom. The number of ether oxygens (including phenoxy) is 1. The van der Waals surface area contributed by atoms with Crippen molar-refractivity contribution in [2.75, 3.05) is 20.2 Å². The lowest BCUT2D eigenvalue weighted by Gasteiger charge is -2.23. The van der Waals surface area contributed by atoms with Crippen LogP contribution in [-0.2, 0) is 6.42 Å². The van der Waals surface area contributed by atoms with Crippen LogP contribution in [0.4, 0.5) is 0 Å². The van der Waals surface area contributed by atoms with Crippen molar-refractivity contribution >= 4 is 11.6 Å². The third kappa shape index (κ3) is 3.14. The van der Waals surface area contributed by atoms with Gasteiger partial charge in [0.25, 0.3) is 0 Å². The molecular formula is C14H20ClNO. The summed E-state index contributed by atoms with van der Waals surface area (Å²) < 4.78 is 5.28. The van der Waals surface area contributed by atoms with Gasteiger partial charge in [-0.2, -0.15) is 0 Å². The fourth-order valence-corrected chi connectivity index (χ4v) is 2.66. The van der Waals surface area contributed by atoms with Crippen molar-refractivity contribution in [2.24, 2.45) is 5.92 Å². The highest BCUT2D eigenvalue weighted by atomic mass is 35.5. The molecular weight excluding hydrogens is 234 g/mol. The lowest BCUT2D eigenvalue weighted by atomic mass is 9.89. The van der Waals surface area contributed by atoms with E-state index in [1.54, 1.807) is 7.11 Å². The molecule has 1 aliphatic heterocycles. The van der Waals surface area contributed by atoms with E-state index in [9.17, 15) is 0 Å². The molecule has 0 spiro atoms. The summed E-state index contributed by atoms with van der Waals surface area (Å²) in [5, 5.41) is 4.21. The van der Waals surface area contributed by atoms with E-state index in [2.05, 4.69) is 18.3 Å². The molecule has 0 radical (unpaired) electrons. The number of hydrogen-bond donors (Lipinski definition) is 1. The molecule has 2 rings (SSSR count). The second-order valence-electron chi connectivity index (χ2n) is 4.79. The molecule has 1 aromatic carbocycles. The normalized spacial score (nSPS) is 17.1. The number of rotatable bonds is 3. The highest BCUT2D eigenvalue weighted by Crippen LogP contribution is 2.29. The summed E-state index contributed by atoms with van der Waals surface area (Å²) >= 11 is 6.22. The first-order valence-corrected chi connectivity index (χ1v) is 6.62. The summed E-state index contributed by atoms with van der Waals surface area (Å²) in [7, 11) is 1.69. The van der Waals surface area contributed by atoms with Gasteiger partial charge in [-0.15, -0.1) is 0 Å². The van der Waals surface area contributed by atoms with Crippen LogP contribution in [-0.4, -0.2) is 20.2 Å². The molecule has 0 unspecified atom stereocenters. The molecule has 0 bridgehead atoms. The van der Waals surface area contributed by atoms with Crippen LogP contribution in [0, 0.1) is 12.8 Å². The van der Waals surface area contributed by atoms with Gasteiger partial charge in [0, 0.05) is 5.02 Å². The molecule has 0 aromatic heterocycles. The van der Waals surface area contributed by atoms with E-state index in [-0.39, 0.29) is 0 Å². The highest BCUT2D eigenvalue weighted by Gasteiger charge is 2.16. The van der Waals surface area contributed by atoms with Gasteiger partial charge in [-0.1, -0.05) is 11.6 Å². The topological polar surface area (TPSA) is 21.3 Å². The first kappa shape index (κ1) is 12.7. The van der Waals surface area contributed by atoms with Gasteiger partial charge in [0.2, 0.25) is 0 Å². The van der Waals surface area contributed by atoms with Crippen molar-refractivity contribution in [2.45, 2.75) is 26.2 Å². The summed E-state index contributed by atoms with van der Waals surface area (Å²) in [4.78, 5) is 0. The monoisotopic (exact) mass is 253 g/mol. The third-order valence-corrected chi connectivity index (χ3v) is 4.02. The zero-order valence-corrected chi connectivity index (χ0v) is 11.3. The maximum absolute atomic E-state index is 6.22. The molecule has 0 aliphatic carbocycles. The van der Waals surface area contributed by atoms with Crippen LogP contribution < -0.4 is 10.1 Å². The van der Waals surface area contributed by atoms with E-state index in [1.807, 2.05) is 6.07 Å². The number of hydrogen-bond acceptors (Lipinski definition) is 2. The average molecular weight is 254 g/mol. The third-order valence-electron chi connectivity index (χ3n) is 3.63. The summed E-state index contributed by atoms with van der Waals surface area (Å²) in [6.07, 6.45) is 3.63. The van der Waals surface area contributed by atoms with Crippen molar-refractivity contribution in [3.05, 3.63) is 28.3 Å². The number of nitrogens with one attached hydrogen (secondary N) is 1. The van der Waals surface area contributed by atoms with Crippen molar-refractivity contribution in [1.29, 1.82) is 0 Å². The molecule has 1 N–H and O–H groups in total. The summed E-state index contributed by atoms with van der Waals surface area (Å²) in [5.74, 6) is 1.64. The van der Waals surface area contributed by atoms with E-state index in [4.69, 9.17) is 16.3 Å². The maximum Gasteiger partial charge on any atom is 0.120 e. The predicted molar refractivity (Wildman–Crippen MR) is 72.0 cm³/mol. The van der Waals surface area contributed by atoms with E-state index < -0.39 is 0 Å². The van der Waals surface area contributed by atoms with Gasteiger partial charge < -0.3 is 10.1 Å². The van der Waals surface area contributed by atoms with E-state index in [0.29, 0.717) is 0 Å². The fourth-order valence-electron chi connectivity index (χ4n) is 2.43. The minimum Gasteiger partial charge on any atom is -0.497 e. The van der Waals surface area contributed by atoms with Crippen LogP contribution >= 0.6 is 11.6 Å². The molecule has 1 aliphatic rings. The Morgan fingerprint density at radius 1 is 1.35 bits per heavy atom. The van der Waals surface area contributed by atoms with E-state index >= 15 is 0 Å². The zero-order chi connectivity index (χ0) is 12.3. The Bertz CT molecular complexity index is 386. The standard InChI is InChI=1S/C14H20ClNO/c1-10-12(7-11-3-5-16-6-4-11)8-13(17-2)9-14(10)15/h8-9,11,16H,3-7H2,1-2H3. The lowest BCUT2D eigenvalue weighted by molar-refractivity contribution is 0.371. The molecule has 0 atom stereocenters. The van der Waals surface area contributed by atoms with Gasteiger partial charge in [-0.3, -0.25) is 0 Å². The first-order valence-electron chi connectivity index (χ1n) is 6.24. The Hall–Kier alpha value is -0.730. The predicted octanol–water partition coefficient (Wildman–Crippen LogP) is 3.20. The van der Waals surface area contributed by atoms with E-state index in [0.717, 1.165) is 36.2 Å². The zero-order valence-electron chi connectivity index (χ0n) is 10.6. The highest BCUT2D eigenvalue weighted by molar-refractivity contribution is 6.31. The van der Waals surface area contributed by atoms with Crippen LogP contribution in [0.25, 0.3) is 0 Å². The number of piperidine rings is 1. The van der Waals surface area contributed by atoms with Gasteiger partial charge >= 0.3 is 0 Å². The fraction of sp³-hybridized carbons (Fsp3) is 0.571. The number of halogens is 1. The molecule has 2 nitrogen and oxygen atoms in total.